The van der Waals surface area contributed by atoms with E-state index in [0.29, 0.717) is 0 Å². The van der Waals surface area contributed by atoms with Gasteiger partial charge in [-0.2, -0.15) is 0 Å². The Hall–Kier alpha value is -3.01. The van der Waals surface area contributed by atoms with Gasteiger partial charge in [-0.25, -0.2) is 0 Å². The number of rotatable bonds is 3. The number of hydrogen-bond donors (Lipinski definition) is 0. The Balaban J connectivity index is 1.63. The molecule has 2 nitrogen and oxygen atoms in total. The summed E-state index contributed by atoms with van der Waals surface area (Å²) in [6.45, 7) is 10.3. The maximum absolute atomic E-state index is 6.24. The van der Waals surface area contributed by atoms with Crippen molar-refractivity contribution in [3.8, 4) is 22.3 Å². The summed E-state index contributed by atoms with van der Waals surface area (Å²) in [5.74, 6) is 0. The van der Waals surface area contributed by atoms with Crippen LogP contribution in [0.5, 0.6) is 0 Å². The molecule has 31 heavy (non-hydrogen) atoms. The molecule has 1 saturated heterocycles. The highest BCUT2D eigenvalue weighted by Crippen LogP contribution is 2.37. The molecule has 0 bridgehead atoms. The third-order valence-electron chi connectivity index (χ3n) is 6.48. The topological polar surface area (TPSA) is 18.5 Å². The van der Waals surface area contributed by atoms with Gasteiger partial charge in [0.1, 0.15) is 5.60 Å². The standard InChI is InChI=1S/C28H26BO2/c1-27(2)28(3,4)31-29(30-27)24-15-10-14-22(18-24)26-19-23(20-11-6-5-7-12-20)17-21-13-8-9-16-25(21)26/h5-19H,1H2,2-4H3/q+1. The van der Waals surface area contributed by atoms with Gasteiger partial charge in [0.15, 0.2) is 0 Å². The van der Waals surface area contributed by atoms with E-state index in [4.69, 9.17) is 9.31 Å². The van der Waals surface area contributed by atoms with Crippen LogP contribution in [0.25, 0.3) is 33.0 Å². The zero-order valence-electron chi connectivity index (χ0n) is 18.3. The van der Waals surface area contributed by atoms with Gasteiger partial charge in [-0.3, -0.25) is 0 Å². The molecule has 0 saturated carbocycles. The van der Waals surface area contributed by atoms with E-state index in [1.54, 1.807) is 0 Å². The van der Waals surface area contributed by atoms with Crippen molar-refractivity contribution >= 4 is 23.4 Å². The average molecular weight is 405 g/mol. The van der Waals surface area contributed by atoms with Gasteiger partial charge in [-0.1, -0.05) is 78.9 Å². The van der Waals surface area contributed by atoms with Crippen LogP contribution < -0.4 is 5.46 Å². The second-order valence-electron chi connectivity index (χ2n) is 9.05. The lowest BCUT2D eigenvalue weighted by atomic mass is 9.77. The number of fused-ring (bicyclic) bond motifs is 1. The lowest BCUT2D eigenvalue weighted by Gasteiger charge is -2.25. The van der Waals surface area contributed by atoms with Gasteiger partial charge in [0.25, 0.3) is 0 Å². The molecule has 4 aromatic carbocycles. The van der Waals surface area contributed by atoms with Crippen molar-refractivity contribution in [1.29, 1.82) is 0 Å². The molecular weight excluding hydrogens is 379 g/mol. The third kappa shape index (κ3) is 3.54. The van der Waals surface area contributed by atoms with Crippen LogP contribution in [0.2, 0.25) is 0 Å². The van der Waals surface area contributed by atoms with Crippen LogP contribution in [0.4, 0.5) is 0 Å². The van der Waals surface area contributed by atoms with Crippen molar-refractivity contribution in [2.24, 2.45) is 0 Å². The summed E-state index contributed by atoms with van der Waals surface area (Å²) in [7, 11) is -0.430. The molecule has 0 amide bonds. The van der Waals surface area contributed by atoms with E-state index in [9.17, 15) is 0 Å². The third-order valence-corrected chi connectivity index (χ3v) is 6.48. The summed E-state index contributed by atoms with van der Waals surface area (Å²) in [6, 6.07) is 32.1. The fourth-order valence-electron chi connectivity index (χ4n) is 4.13. The van der Waals surface area contributed by atoms with Crippen LogP contribution in [-0.2, 0) is 9.31 Å². The highest BCUT2D eigenvalue weighted by molar-refractivity contribution is 6.62. The lowest BCUT2D eigenvalue weighted by Crippen LogP contribution is -2.42. The highest BCUT2D eigenvalue weighted by Gasteiger charge is 2.57. The normalized spacial score (nSPS) is 20.3. The van der Waals surface area contributed by atoms with Gasteiger partial charge in [0, 0.05) is 6.92 Å². The highest BCUT2D eigenvalue weighted by atomic mass is 16.7. The van der Waals surface area contributed by atoms with E-state index in [1.807, 2.05) is 26.8 Å². The molecule has 4 aromatic rings. The molecule has 1 fully saturated rings. The van der Waals surface area contributed by atoms with E-state index in [-0.39, 0.29) is 0 Å². The SMILES string of the molecule is [CH2+]C1(C)OB(c2cccc(-c3cc(-c4ccccc4)cc4ccccc34)c2)OC1(C)C. The smallest absolute Gasteiger partial charge is 0.395 e. The molecule has 1 unspecified atom stereocenters. The summed E-state index contributed by atoms with van der Waals surface area (Å²) in [5, 5.41) is 2.46. The summed E-state index contributed by atoms with van der Waals surface area (Å²) >= 11 is 0. The quantitative estimate of drug-likeness (QED) is 0.295. The van der Waals surface area contributed by atoms with E-state index >= 15 is 0 Å². The maximum Gasteiger partial charge on any atom is 0.498 e. The molecule has 0 radical (unpaired) electrons. The molecule has 0 N–H and O–H groups in total. The average Bonchev–Trinajstić information content (AvgIpc) is 3.00. The molecule has 0 aromatic heterocycles. The fourth-order valence-corrected chi connectivity index (χ4v) is 4.13. The van der Waals surface area contributed by atoms with Gasteiger partial charge in [0.2, 0.25) is 5.60 Å². The molecule has 1 aliphatic rings. The molecule has 1 aliphatic heterocycles. The second-order valence-corrected chi connectivity index (χ2v) is 9.05. The fraction of sp³-hybridized carbons (Fsp3) is 0.179. The van der Waals surface area contributed by atoms with E-state index in [2.05, 4.69) is 91.9 Å². The van der Waals surface area contributed by atoms with E-state index in [1.165, 1.54) is 27.5 Å². The predicted molar refractivity (Wildman–Crippen MR) is 130 cm³/mol. The first-order valence-corrected chi connectivity index (χ1v) is 10.7. The minimum atomic E-state index is -0.604. The maximum atomic E-state index is 6.24. The van der Waals surface area contributed by atoms with Crippen molar-refractivity contribution in [3.05, 3.63) is 97.9 Å². The van der Waals surface area contributed by atoms with Gasteiger partial charge >= 0.3 is 7.12 Å². The summed E-state index contributed by atoms with van der Waals surface area (Å²) in [4.78, 5) is 0. The first-order valence-electron chi connectivity index (χ1n) is 10.7. The zero-order valence-corrected chi connectivity index (χ0v) is 18.3. The Morgan fingerprint density at radius 2 is 1.39 bits per heavy atom. The lowest BCUT2D eigenvalue weighted by molar-refractivity contribution is 0.0262. The summed E-state index contributed by atoms with van der Waals surface area (Å²) < 4.78 is 12.4. The van der Waals surface area contributed by atoms with Crippen LogP contribution in [0.1, 0.15) is 20.8 Å². The molecule has 1 heterocycles. The Morgan fingerprint density at radius 1 is 0.677 bits per heavy atom. The molecule has 0 spiro atoms. The van der Waals surface area contributed by atoms with Crippen LogP contribution in [0, 0.1) is 6.92 Å². The first-order chi connectivity index (χ1) is 14.8. The van der Waals surface area contributed by atoms with Crippen LogP contribution in [0.15, 0.2) is 91.0 Å². The minimum Gasteiger partial charge on any atom is -0.395 e. The Bertz CT molecular complexity index is 1230. The van der Waals surface area contributed by atoms with Crippen molar-refractivity contribution < 1.29 is 9.31 Å². The van der Waals surface area contributed by atoms with Crippen molar-refractivity contribution in [2.45, 2.75) is 32.0 Å². The largest absolute Gasteiger partial charge is 0.498 e. The number of hydrogen-bond acceptors (Lipinski definition) is 2. The zero-order chi connectivity index (χ0) is 21.6. The molecule has 152 valence electrons. The minimum absolute atomic E-state index is 0.430. The monoisotopic (exact) mass is 405 g/mol. The van der Waals surface area contributed by atoms with Gasteiger partial charge in [0.05, 0.1) is 6.92 Å². The summed E-state index contributed by atoms with van der Waals surface area (Å²) in [5.41, 5.74) is 4.71. The molecule has 5 rings (SSSR count). The van der Waals surface area contributed by atoms with Crippen molar-refractivity contribution in [3.63, 3.8) is 0 Å². The number of benzene rings is 4. The van der Waals surface area contributed by atoms with Crippen LogP contribution in [-0.4, -0.2) is 18.3 Å². The molecule has 0 aliphatic carbocycles. The first kappa shape index (κ1) is 19.9. The van der Waals surface area contributed by atoms with Crippen molar-refractivity contribution in [1.82, 2.24) is 0 Å². The second kappa shape index (κ2) is 7.30. The summed E-state index contributed by atoms with van der Waals surface area (Å²) in [6.07, 6.45) is 0. The van der Waals surface area contributed by atoms with E-state index < -0.39 is 18.3 Å². The Kier molecular flexibility index (Phi) is 4.69. The van der Waals surface area contributed by atoms with Gasteiger partial charge in [-0.05, 0) is 64.5 Å². The van der Waals surface area contributed by atoms with Gasteiger partial charge in [-0.15, -0.1) is 0 Å². The van der Waals surface area contributed by atoms with Crippen molar-refractivity contribution in [2.75, 3.05) is 0 Å². The predicted octanol–water partition coefficient (Wildman–Crippen LogP) is 6.29. The van der Waals surface area contributed by atoms with Crippen LogP contribution >= 0.6 is 0 Å². The van der Waals surface area contributed by atoms with E-state index in [0.717, 1.165) is 11.0 Å². The van der Waals surface area contributed by atoms with Gasteiger partial charge < -0.3 is 9.31 Å². The van der Waals surface area contributed by atoms with Crippen LogP contribution in [0.3, 0.4) is 0 Å². The Morgan fingerprint density at radius 3 is 2.13 bits per heavy atom. The molecule has 3 heteroatoms. The molecule has 1 atom stereocenters. The Labute approximate surface area is 185 Å². The molecular formula is C28H26BO2+.